The highest BCUT2D eigenvalue weighted by molar-refractivity contribution is 5.14. The van der Waals surface area contributed by atoms with Crippen molar-refractivity contribution in [3.05, 3.63) is 35.9 Å². The van der Waals surface area contributed by atoms with Crippen molar-refractivity contribution in [2.75, 3.05) is 26.2 Å². The Morgan fingerprint density at radius 2 is 2.00 bits per heavy atom. The van der Waals surface area contributed by atoms with Crippen LogP contribution in [0.1, 0.15) is 31.2 Å². The third-order valence-corrected chi connectivity index (χ3v) is 4.68. The molecular formula is C17H26N2. The van der Waals surface area contributed by atoms with Crippen LogP contribution in [0.5, 0.6) is 0 Å². The predicted octanol–water partition coefficient (Wildman–Crippen LogP) is 2.90. The van der Waals surface area contributed by atoms with Gasteiger partial charge in [0.05, 0.1) is 0 Å². The molecule has 2 saturated heterocycles. The summed E-state index contributed by atoms with van der Waals surface area (Å²) in [6, 6.07) is 10.9. The molecule has 1 N–H and O–H groups in total. The number of benzene rings is 1. The molecule has 104 valence electrons. The lowest BCUT2D eigenvalue weighted by molar-refractivity contribution is 0.277. The molecule has 3 rings (SSSR count). The van der Waals surface area contributed by atoms with E-state index in [-0.39, 0.29) is 0 Å². The first-order valence-electron chi connectivity index (χ1n) is 7.87. The number of rotatable bonds is 4. The molecule has 0 bridgehead atoms. The van der Waals surface area contributed by atoms with E-state index in [1.54, 1.807) is 0 Å². The maximum atomic E-state index is 3.55. The van der Waals surface area contributed by atoms with Crippen LogP contribution in [0.2, 0.25) is 0 Å². The molecule has 0 aliphatic carbocycles. The molecule has 0 radical (unpaired) electrons. The van der Waals surface area contributed by atoms with Crippen LogP contribution in [0.4, 0.5) is 0 Å². The fourth-order valence-electron chi connectivity index (χ4n) is 3.69. The van der Waals surface area contributed by atoms with Crippen molar-refractivity contribution in [1.82, 2.24) is 10.2 Å². The zero-order valence-electron chi connectivity index (χ0n) is 11.9. The topological polar surface area (TPSA) is 15.3 Å². The molecule has 2 heterocycles. The van der Waals surface area contributed by atoms with Crippen LogP contribution in [0, 0.1) is 11.8 Å². The third-order valence-electron chi connectivity index (χ3n) is 4.68. The summed E-state index contributed by atoms with van der Waals surface area (Å²) < 4.78 is 0. The van der Waals surface area contributed by atoms with E-state index in [9.17, 15) is 0 Å². The van der Waals surface area contributed by atoms with Gasteiger partial charge in [-0.1, -0.05) is 30.3 Å². The molecule has 0 aromatic heterocycles. The van der Waals surface area contributed by atoms with Gasteiger partial charge in [0.15, 0.2) is 0 Å². The Morgan fingerprint density at radius 1 is 1.11 bits per heavy atom. The van der Waals surface area contributed by atoms with Gasteiger partial charge in [0.25, 0.3) is 0 Å². The summed E-state index contributed by atoms with van der Waals surface area (Å²) in [5.41, 5.74) is 1.46. The van der Waals surface area contributed by atoms with E-state index in [0.29, 0.717) is 0 Å². The second-order valence-electron chi connectivity index (χ2n) is 6.32. The first-order valence-corrected chi connectivity index (χ1v) is 7.87. The van der Waals surface area contributed by atoms with Gasteiger partial charge in [-0.3, -0.25) is 4.90 Å². The highest BCUT2D eigenvalue weighted by Crippen LogP contribution is 2.27. The van der Waals surface area contributed by atoms with Crippen LogP contribution < -0.4 is 5.32 Å². The van der Waals surface area contributed by atoms with Crippen molar-refractivity contribution in [3.8, 4) is 0 Å². The Labute approximate surface area is 117 Å². The molecule has 0 saturated carbocycles. The van der Waals surface area contributed by atoms with Crippen LogP contribution in [-0.2, 0) is 6.54 Å². The van der Waals surface area contributed by atoms with Crippen molar-refractivity contribution in [3.63, 3.8) is 0 Å². The molecule has 2 nitrogen and oxygen atoms in total. The van der Waals surface area contributed by atoms with Crippen LogP contribution in [-0.4, -0.2) is 31.1 Å². The Morgan fingerprint density at radius 3 is 2.79 bits per heavy atom. The predicted molar refractivity (Wildman–Crippen MR) is 80.0 cm³/mol. The Balaban J connectivity index is 1.44. The van der Waals surface area contributed by atoms with E-state index < -0.39 is 0 Å². The van der Waals surface area contributed by atoms with E-state index in [4.69, 9.17) is 0 Å². The molecule has 2 atom stereocenters. The first-order chi connectivity index (χ1) is 9.40. The molecule has 1 aromatic carbocycles. The van der Waals surface area contributed by atoms with E-state index >= 15 is 0 Å². The van der Waals surface area contributed by atoms with Crippen LogP contribution in [0.3, 0.4) is 0 Å². The fraction of sp³-hybridized carbons (Fsp3) is 0.647. The van der Waals surface area contributed by atoms with E-state index in [1.165, 1.54) is 57.4 Å². The summed E-state index contributed by atoms with van der Waals surface area (Å²) in [5, 5.41) is 3.55. The molecule has 2 heteroatoms. The maximum Gasteiger partial charge on any atom is 0.0233 e. The summed E-state index contributed by atoms with van der Waals surface area (Å²) >= 11 is 0. The third kappa shape index (κ3) is 3.80. The van der Waals surface area contributed by atoms with Crippen LogP contribution in [0.15, 0.2) is 30.3 Å². The van der Waals surface area contributed by atoms with Gasteiger partial charge in [-0.2, -0.15) is 0 Å². The lowest BCUT2D eigenvalue weighted by Gasteiger charge is -2.25. The van der Waals surface area contributed by atoms with Crippen molar-refractivity contribution in [2.45, 2.75) is 32.2 Å². The molecular weight excluding hydrogens is 232 g/mol. The van der Waals surface area contributed by atoms with Gasteiger partial charge in [-0.25, -0.2) is 0 Å². The molecule has 0 spiro atoms. The van der Waals surface area contributed by atoms with Gasteiger partial charge in [0.2, 0.25) is 0 Å². The van der Waals surface area contributed by atoms with Gasteiger partial charge < -0.3 is 5.32 Å². The SMILES string of the molecule is c1ccc(CN2CCC(CC3CCCNC3)C2)cc1. The number of piperidine rings is 1. The minimum absolute atomic E-state index is 0.939. The number of nitrogens with one attached hydrogen (secondary N) is 1. The molecule has 2 aliphatic heterocycles. The summed E-state index contributed by atoms with van der Waals surface area (Å²) in [4.78, 5) is 2.64. The van der Waals surface area contributed by atoms with Crippen LogP contribution >= 0.6 is 0 Å². The summed E-state index contributed by atoms with van der Waals surface area (Å²) in [5.74, 6) is 1.88. The van der Waals surface area contributed by atoms with Crippen molar-refractivity contribution in [1.29, 1.82) is 0 Å². The van der Waals surface area contributed by atoms with Gasteiger partial charge in [-0.05, 0) is 62.7 Å². The highest BCUT2D eigenvalue weighted by Gasteiger charge is 2.25. The zero-order valence-corrected chi connectivity index (χ0v) is 11.9. The molecule has 0 amide bonds. The van der Waals surface area contributed by atoms with Gasteiger partial charge in [0.1, 0.15) is 0 Å². The number of hydrogen-bond acceptors (Lipinski definition) is 2. The molecule has 19 heavy (non-hydrogen) atoms. The largest absolute Gasteiger partial charge is 0.316 e. The second-order valence-corrected chi connectivity index (χ2v) is 6.32. The maximum absolute atomic E-state index is 3.55. The van der Waals surface area contributed by atoms with Crippen molar-refractivity contribution < 1.29 is 0 Å². The zero-order chi connectivity index (χ0) is 12.9. The summed E-state index contributed by atoms with van der Waals surface area (Å²) in [7, 11) is 0. The Bertz CT molecular complexity index is 370. The van der Waals surface area contributed by atoms with Gasteiger partial charge in [-0.15, -0.1) is 0 Å². The molecule has 1 aromatic rings. The van der Waals surface area contributed by atoms with E-state index in [1.807, 2.05) is 0 Å². The second kappa shape index (κ2) is 6.53. The summed E-state index contributed by atoms with van der Waals surface area (Å²) in [6.07, 6.45) is 5.68. The van der Waals surface area contributed by atoms with Crippen molar-refractivity contribution in [2.24, 2.45) is 11.8 Å². The molecule has 2 fully saturated rings. The monoisotopic (exact) mass is 258 g/mol. The normalized spacial score (nSPS) is 28.6. The average molecular weight is 258 g/mol. The minimum Gasteiger partial charge on any atom is -0.316 e. The minimum atomic E-state index is 0.939. The number of likely N-dealkylation sites (tertiary alicyclic amines) is 1. The standard InChI is InChI=1S/C17H26N2/c1-2-5-15(6-3-1)13-19-10-8-17(14-19)11-16-7-4-9-18-12-16/h1-3,5-6,16-18H,4,7-14H2. The van der Waals surface area contributed by atoms with E-state index in [0.717, 1.165) is 18.4 Å². The van der Waals surface area contributed by atoms with Gasteiger partial charge in [0, 0.05) is 13.1 Å². The first kappa shape index (κ1) is 13.1. The van der Waals surface area contributed by atoms with E-state index in [2.05, 4.69) is 40.5 Å². The Hall–Kier alpha value is -0.860. The van der Waals surface area contributed by atoms with Crippen molar-refractivity contribution >= 4 is 0 Å². The quantitative estimate of drug-likeness (QED) is 0.893. The van der Waals surface area contributed by atoms with Crippen LogP contribution in [0.25, 0.3) is 0 Å². The number of nitrogens with zero attached hydrogens (tertiary/aromatic N) is 1. The lowest BCUT2D eigenvalue weighted by Crippen LogP contribution is -2.31. The molecule has 2 unspecified atom stereocenters. The summed E-state index contributed by atoms with van der Waals surface area (Å²) in [6.45, 7) is 6.24. The lowest BCUT2D eigenvalue weighted by atomic mass is 9.88. The smallest absolute Gasteiger partial charge is 0.0233 e. The fourth-order valence-corrected chi connectivity index (χ4v) is 3.69. The molecule has 2 aliphatic rings. The highest BCUT2D eigenvalue weighted by atomic mass is 15.1. The average Bonchev–Trinajstić information content (AvgIpc) is 2.88. The number of hydrogen-bond donors (Lipinski definition) is 1. The van der Waals surface area contributed by atoms with Gasteiger partial charge >= 0.3 is 0 Å². The Kier molecular flexibility index (Phi) is 4.52.